The minimum Gasteiger partial charge on any atom is -0.398 e. The predicted octanol–water partition coefficient (Wildman–Crippen LogP) is 3.91. The number of hydrogen-bond acceptors (Lipinski definition) is 3. The first-order valence-electron chi connectivity index (χ1n) is 8.33. The molecule has 0 saturated carbocycles. The number of nitrogen functional groups attached to an aromatic ring is 1. The fourth-order valence-electron chi connectivity index (χ4n) is 3.28. The van der Waals surface area contributed by atoms with Crippen LogP contribution in [0.5, 0.6) is 0 Å². The van der Waals surface area contributed by atoms with E-state index in [0.717, 1.165) is 25.1 Å². The van der Waals surface area contributed by atoms with Crippen LogP contribution in [0.1, 0.15) is 41.8 Å². The Labute approximate surface area is 138 Å². The summed E-state index contributed by atoms with van der Waals surface area (Å²) in [5, 5.41) is 0. The van der Waals surface area contributed by atoms with Crippen molar-refractivity contribution in [3.05, 3.63) is 59.2 Å². The van der Waals surface area contributed by atoms with Crippen LogP contribution in [0.3, 0.4) is 0 Å². The van der Waals surface area contributed by atoms with Crippen LogP contribution in [-0.2, 0) is 6.42 Å². The van der Waals surface area contributed by atoms with Gasteiger partial charge < -0.3 is 10.6 Å². The Bertz CT molecular complexity index is 721. The molecule has 0 unspecified atom stereocenters. The highest BCUT2D eigenvalue weighted by Crippen LogP contribution is 2.30. The largest absolute Gasteiger partial charge is 0.398 e. The second-order valence-corrected chi connectivity index (χ2v) is 6.70. The summed E-state index contributed by atoms with van der Waals surface area (Å²) in [7, 11) is 0. The van der Waals surface area contributed by atoms with Gasteiger partial charge in [-0.15, -0.1) is 0 Å². The van der Waals surface area contributed by atoms with Gasteiger partial charge >= 0.3 is 0 Å². The van der Waals surface area contributed by atoms with E-state index >= 15 is 0 Å². The summed E-state index contributed by atoms with van der Waals surface area (Å²) in [4.78, 5) is 15.2. The Hall–Kier alpha value is -2.29. The highest BCUT2D eigenvalue weighted by atomic mass is 16.1. The molecule has 0 aromatic heterocycles. The van der Waals surface area contributed by atoms with E-state index in [2.05, 4.69) is 24.8 Å². The summed E-state index contributed by atoms with van der Waals surface area (Å²) in [6, 6.07) is 13.4. The molecule has 2 N–H and O–H groups in total. The third-order valence-corrected chi connectivity index (χ3v) is 4.35. The lowest BCUT2D eigenvalue weighted by atomic mass is 9.95. The molecule has 23 heavy (non-hydrogen) atoms. The van der Waals surface area contributed by atoms with Crippen LogP contribution in [0, 0.1) is 5.92 Å². The van der Waals surface area contributed by atoms with E-state index in [4.69, 9.17) is 5.73 Å². The molecular formula is C20H24N2O. The maximum absolute atomic E-state index is 12.8. The lowest BCUT2D eigenvalue weighted by Gasteiger charge is -2.33. The molecule has 3 heteroatoms. The zero-order valence-corrected chi connectivity index (χ0v) is 13.9. The Balaban J connectivity index is 1.96. The number of fused-ring (bicyclic) bond motifs is 1. The number of aryl methyl sites for hydroxylation is 1. The standard InChI is InChI=1S/C20H24N2O/c1-14(2)13-22-11-5-6-15-9-10-16(12-19(15)22)20(23)17-7-3-4-8-18(17)21/h3-4,7-10,12,14H,5-6,11,13,21H2,1-2H3. The molecule has 0 radical (unpaired) electrons. The zero-order chi connectivity index (χ0) is 16.4. The fraction of sp³-hybridized carbons (Fsp3) is 0.350. The number of carbonyl (C=O) groups excluding carboxylic acids is 1. The molecule has 0 bridgehead atoms. The summed E-state index contributed by atoms with van der Waals surface area (Å²) in [5.74, 6) is 0.603. The fourth-order valence-corrected chi connectivity index (χ4v) is 3.28. The van der Waals surface area contributed by atoms with Gasteiger partial charge in [0.1, 0.15) is 0 Å². The van der Waals surface area contributed by atoms with Gasteiger partial charge in [0, 0.05) is 35.6 Å². The molecule has 120 valence electrons. The van der Waals surface area contributed by atoms with Crippen molar-refractivity contribution in [2.24, 2.45) is 5.92 Å². The molecule has 3 nitrogen and oxygen atoms in total. The van der Waals surface area contributed by atoms with E-state index in [1.807, 2.05) is 24.3 Å². The number of nitrogens with zero attached hydrogens (tertiary/aromatic N) is 1. The molecule has 3 rings (SSSR count). The number of benzene rings is 2. The maximum atomic E-state index is 12.8. The van der Waals surface area contributed by atoms with Crippen molar-refractivity contribution >= 4 is 17.2 Å². The highest BCUT2D eigenvalue weighted by molar-refractivity contribution is 6.12. The van der Waals surface area contributed by atoms with Crippen molar-refractivity contribution in [2.75, 3.05) is 23.7 Å². The molecule has 0 fully saturated rings. The van der Waals surface area contributed by atoms with Crippen LogP contribution in [-0.4, -0.2) is 18.9 Å². The van der Waals surface area contributed by atoms with Gasteiger partial charge in [-0.25, -0.2) is 0 Å². The average molecular weight is 308 g/mol. The molecule has 1 aliphatic heterocycles. The number of para-hydroxylation sites is 1. The molecule has 0 amide bonds. The van der Waals surface area contributed by atoms with Gasteiger partial charge in [0.2, 0.25) is 0 Å². The van der Waals surface area contributed by atoms with Crippen LogP contribution < -0.4 is 10.6 Å². The average Bonchev–Trinajstić information content (AvgIpc) is 2.54. The monoisotopic (exact) mass is 308 g/mol. The van der Waals surface area contributed by atoms with Gasteiger partial charge in [-0.05, 0) is 42.5 Å². The molecular weight excluding hydrogens is 284 g/mol. The number of rotatable bonds is 4. The Kier molecular flexibility index (Phi) is 4.37. The minimum atomic E-state index is 0.000899. The van der Waals surface area contributed by atoms with Gasteiger partial charge in [-0.3, -0.25) is 4.79 Å². The van der Waals surface area contributed by atoms with Crippen LogP contribution in [0.2, 0.25) is 0 Å². The second-order valence-electron chi connectivity index (χ2n) is 6.70. The lowest BCUT2D eigenvalue weighted by Crippen LogP contribution is -2.32. The maximum Gasteiger partial charge on any atom is 0.195 e. The van der Waals surface area contributed by atoms with E-state index in [1.165, 1.54) is 17.7 Å². The molecule has 0 saturated heterocycles. The van der Waals surface area contributed by atoms with E-state index < -0.39 is 0 Å². The summed E-state index contributed by atoms with van der Waals surface area (Å²) in [5.41, 5.74) is 10.4. The van der Waals surface area contributed by atoms with Gasteiger partial charge in [-0.1, -0.05) is 38.1 Å². The topological polar surface area (TPSA) is 46.3 Å². The third-order valence-electron chi connectivity index (χ3n) is 4.35. The number of anilines is 2. The number of hydrogen-bond donors (Lipinski definition) is 1. The summed E-state index contributed by atoms with van der Waals surface area (Å²) < 4.78 is 0. The first kappa shape index (κ1) is 15.6. The van der Waals surface area contributed by atoms with Crippen molar-refractivity contribution < 1.29 is 4.79 Å². The number of ketones is 1. The SMILES string of the molecule is CC(C)CN1CCCc2ccc(C(=O)c3ccccc3N)cc21. The Morgan fingerprint density at radius 2 is 2.00 bits per heavy atom. The normalized spacial score (nSPS) is 14.0. The van der Waals surface area contributed by atoms with Gasteiger partial charge in [-0.2, -0.15) is 0 Å². The summed E-state index contributed by atoms with van der Waals surface area (Å²) in [6.45, 7) is 6.55. The lowest BCUT2D eigenvalue weighted by molar-refractivity contribution is 0.103. The van der Waals surface area contributed by atoms with E-state index in [9.17, 15) is 4.79 Å². The first-order valence-corrected chi connectivity index (χ1v) is 8.33. The first-order chi connectivity index (χ1) is 11.1. The van der Waals surface area contributed by atoms with Crippen LogP contribution in [0.4, 0.5) is 11.4 Å². The van der Waals surface area contributed by atoms with E-state index in [1.54, 1.807) is 12.1 Å². The smallest absolute Gasteiger partial charge is 0.195 e. The van der Waals surface area contributed by atoms with Gasteiger partial charge in [0.05, 0.1) is 0 Å². The van der Waals surface area contributed by atoms with Crippen molar-refractivity contribution in [1.29, 1.82) is 0 Å². The molecule has 0 atom stereocenters. The summed E-state index contributed by atoms with van der Waals surface area (Å²) in [6.07, 6.45) is 2.27. The predicted molar refractivity (Wildman–Crippen MR) is 96.1 cm³/mol. The third kappa shape index (κ3) is 3.24. The van der Waals surface area contributed by atoms with Crippen LogP contribution >= 0.6 is 0 Å². The van der Waals surface area contributed by atoms with E-state index in [-0.39, 0.29) is 5.78 Å². The molecule has 0 spiro atoms. The van der Waals surface area contributed by atoms with Crippen LogP contribution in [0.25, 0.3) is 0 Å². The van der Waals surface area contributed by atoms with Crippen molar-refractivity contribution in [1.82, 2.24) is 0 Å². The Morgan fingerprint density at radius 1 is 1.22 bits per heavy atom. The summed E-state index contributed by atoms with van der Waals surface area (Å²) >= 11 is 0. The number of nitrogens with two attached hydrogens (primary N) is 1. The Morgan fingerprint density at radius 3 is 2.74 bits per heavy atom. The van der Waals surface area contributed by atoms with Crippen molar-refractivity contribution in [3.63, 3.8) is 0 Å². The van der Waals surface area contributed by atoms with Crippen molar-refractivity contribution in [3.8, 4) is 0 Å². The quantitative estimate of drug-likeness (QED) is 0.688. The van der Waals surface area contributed by atoms with Crippen LogP contribution in [0.15, 0.2) is 42.5 Å². The highest BCUT2D eigenvalue weighted by Gasteiger charge is 2.20. The van der Waals surface area contributed by atoms with Gasteiger partial charge in [0.25, 0.3) is 0 Å². The van der Waals surface area contributed by atoms with Gasteiger partial charge in [0.15, 0.2) is 5.78 Å². The molecule has 2 aromatic rings. The number of carbonyl (C=O) groups is 1. The molecule has 1 aliphatic rings. The zero-order valence-electron chi connectivity index (χ0n) is 13.9. The molecule has 2 aromatic carbocycles. The van der Waals surface area contributed by atoms with E-state index in [0.29, 0.717) is 17.2 Å². The second kappa shape index (κ2) is 6.45. The molecule has 0 aliphatic carbocycles. The van der Waals surface area contributed by atoms with Crippen molar-refractivity contribution in [2.45, 2.75) is 26.7 Å². The minimum absolute atomic E-state index is 0.000899. The molecule has 1 heterocycles.